The Hall–Kier alpha value is -1.92. The quantitative estimate of drug-likeness (QED) is 0.470. The smallest absolute Gasteiger partial charge is 0.261 e. The molecule has 0 aliphatic carbocycles. The molecular formula is C20H23N3OS2. The second kappa shape index (κ2) is 8.64. The molecule has 0 radical (unpaired) electrons. The highest BCUT2D eigenvalue weighted by atomic mass is 32.2. The Balaban J connectivity index is 1.59. The van der Waals surface area contributed by atoms with Crippen molar-refractivity contribution >= 4 is 39.2 Å². The average molecular weight is 386 g/mol. The predicted octanol–water partition coefficient (Wildman–Crippen LogP) is 4.78. The SMILES string of the molecule is CCc1nc(C)c2c(C)c(C(=O)NCCCSc3ccccc3)sc2n1. The molecule has 0 fully saturated rings. The Labute approximate surface area is 162 Å². The lowest BCUT2D eigenvalue weighted by atomic mass is 10.1. The molecule has 1 N–H and O–H groups in total. The highest BCUT2D eigenvalue weighted by Crippen LogP contribution is 2.31. The Morgan fingerprint density at radius 1 is 1.19 bits per heavy atom. The number of nitrogens with one attached hydrogen (secondary N) is 1. The minimum atomic E-state index is -0.00680. The second-order valence-electron chi connectivity index (χ2n) is 6.09. The van der Waals surface area contributed by atoms with E-state index in [0.717, 1.165) is 50.8 Å². The molecule has 0 aliphatic heterocycles. The minimum Gasteiger partial charge on any atom is -0.351 e. The molecule has 0 spiro atoms. The molecule has 3 aromatic rings. The maximum atomic E-state index is 12.6. The van der Waals surface area contributed by atoms with Crippen LogP contribution in [0, 0.1) is 13.8 Å². The monoisotopic (exact) mass is 385 g/mol. The number of amides is 1. The van der Waals surface area contributed by atoms with Crippen molar-refractivity contribution in [3.63, 3.8) is 0 Å². The van der Waals surface area contributed by atoms with Gasteiger partial charge in [-0.3, -0.25) is 4.79 Å². The number of aromatic nitrogens is 2. The van der Waals surface area contributed by atoms with Crippen molar-refractivity contribution in [1.29, 1.82) is 0 Å². The summed E-state index contributed by atoms with van der Waals surface area (Å²) in [5.74, 6) is 1.81. The van der Waals surface area contributed by atoms with E-state index in [-0.39, 0.29) is 5.91 Å². The van der Waals surface area contributed by atoms with Gasteiger partial charge in [0.05, 0.1) is 4.88 Å². The van der Waals surface area contributed by atoms with Crippen LogP contribution in [0.1, 0.15) is 40.1 Å². The fourth-order valence-corrected chi connectivity index (χ4v) is 4.87. The van der Waals surface area contributed by atoms with E-state index in [1.165, 1.54) is 16.2 Å². The van der Waals surface area contributed by atoms with Gasteiger partial charge in [0.15, 0.2) is 0 Å². The van der Waals surface area contributed by atoms with Crippen molar-refractivity contribution in [3.05, 3.63) is 52.3 Å². The summed E-state index contributed by atoms with van der Waals surface area (Å²) in [4.78, 5) is 24.6. The number of benzene rings is 1. The van der Waals surface area contributed by atoms with Crippen LogP contribution in [0.2, 0.25) is 0 Å². The molecule has 0 bridgehead atoms. The molecule has 0 aliphatic rings. The molecule has 4 nitrogen and oxygen atoms in total. The molecule has 0 saturated heterocycles. The molecule has 1 aromatic carbocycles. The summed E-state index contributed by atoms with van der Waals surface area (Å²) in [6.45, 7) is 6.70. The molecule has 2 aromatic heterocycles. The second-order valence-corrected chi connectivity index (χ2v) is 8.25. The van der Waals surface area contributed by atoms with Gasteiger partial charge in [0.1, 0.15) is 10.7 Å². The van der Waals surface area contributed by atoms with Gasteiger partial charge in [-0.2, -0.15) is 0 Å². The third-order valence-corrected chi connectivity index (χ3v) is 6.44. The third-order valence-electron chi connectivity index (χ3n) is 4.16. The standard InChI is InChI=1S/C20H23N3OS2/c1-4-16-22-14(3)17-13(2)18(26-20(17)23-16)19(24)21-11-8-12-25-15-9-6-5-7-10-15/h5-7,9-10H,4,8,11-12H2,1-3H3,(H,21,24). The van der Waals surface area contributed by atoms with Crippen LogP contribution < -0.4 is 5.32 Å². The number of hydrogen-bond acceptors (Lipinski definition) is 5. The van der Waals surface area contributed by atoms with Gasteiger partial charge in [0.25, 0.3) is 5.91 Å². The normalized spacial score (nSPS) is 11.0. The Morgan fingerprint density at radius 2 is 1.96 bits per heavy atom. The molecule has 0 atom stereocenters. The molecule has 136 valence electrons. The predicted molar refractivity (Wildman–Crippen MR) is 110 cm³/mol. The van der Waals surface area contributed by atoms with Crippen LogP contribution in [-0.2, 0) is 6.42 Å². The maximum Gasteiger partial charge on any atom is 0.261 e. The van der Waals surface area contributed by atoms with E-state index < -0.39 is 0 Å². The van der Waals surface area contributed by atoms with Crippen molar-refractivity contribution < 1.29 is 4.79 Å². The van der Waals surface area contributed by atoms with Crippen LogP contribution in [0.25, 0.3) is 10.2 Å². The molecule has 0 unspecified atom stereocenters. The number of fused-ring (bicyclic) bond motifs is 1. The molecule has 26 heavy (non-hydrogen) atoms. The van der Waals surface area contributed by atoms with Crippen molar-refractivity contribution in [2.75, 3.05) is 12.3 Å². The summed E-state index contributed by atoms with van der Waals surface area (Å²) in [7, 11) is 0. The molecule has 1 amide bonds. The van der Waals surface area contributed by atoms with E-state index in [9.17, 15) is 4.79 Å². The van der Waals surface area contributed by atoms with Crippen LogP contribution in [0.15, 0.2) is 35.2 Å². The highest BCUT2D eigenvalue weighted by molar-refractivity contribution is 7.99. The number of thioether (sulfide) groups is 1. The molecule has 6 heteroatoms. The summed E-state index contributed by atoms with van der Waals surface area (Å²) in [5.41, 5.74) is 1.94. The number of carbonyl (C=O) groups excluding carboxylic acids is 1. The average Bonchev–Trinajstić information content (AvgIpc) is 2.99. The first kappa shape index (κ1) is 18.9. The van der Waals surface area contributed by atoms with Gasteiger partial charge in [-0.15, -0.1) is 23.1 Å². The van der Waals surface area contributed by atoms with Gasteiger partial charge in [-0.25, -0.2) is 9.97 Å². The number of thiophene rings is 1. The summed E-state index contributed by atoms with van der Waals surface area (Å²) in [6, 6.07) is 10.3. The number of carbonyl (C=O) groups is 1. The van der Waals surface area contributed by atoms with Crippen LogP contribution in [0.4, 0.5) is 0 Å². The van der Waals surface area contributed by atoms with E-state index in [0.29, 0.717) is 6.54 Å². The third kappa shape index (κ3) is 4.24. The molecular weight excluding hydrogens is 362 g/mol. The van der Waals surface area contributed by atoms with E-state index in [1.54, 1.807) is 0 Å². The van der Waals surface area contributed by atoms with Gasteiger partial charge < -0.3 is 5.32 Å². The van der Waals surface area contributed by atoms with Crippen molar-refractivity contribution in [2.45, 2.75) is 38.5 Å². The van der Waals surface area contributed by atoms with Crippen LogP contribution in [-0.4, -0.2) is 28.2 Å². The van der Waals surface area contributed by atoms with Gasteiger partial charge in [-0.05, 0) is 43.7 Å². The Bertz CT molecular complexity index is 906. The summed E-state index contributed by atoms with van der Waals surface area (Å²) >= 11 is 3.28. The maximum absolute atomic E-state index is 12.6. The van der Waals surface area contributed by atoms with E-state index in [2.05, 4.69) is 27.4 Å². The number of hydrogen-bond donors (Lipinski definition) is 1. The summed E-state index contributed by atoms with van der Waals surface area (Å²) < 4.78 is 0. The zero-order valence-corrected chi connectivity index (χ0v) is 17.0. The molecule has 2 heterocycles. The molecule has 0 saturated carbocycles. The highest BCUT2D eigenvalue weighted by Gasteiger charge is 2.18. The van der Waals surface area contributed by atoms with Crippen molar-refractivity contribution in [1.82, 2.24) is 15.3 Å². The van der Waals surface area contributed by atoms with Crippen LogP contribution in [0.5, 0.6) is 0 Å². The summed E-state index contributed by atoms with van der Waals surface area (Å²) in [6.07, 6.45) is 1.74. The van der Waals surface area contributed by atoms with Crippen molar-refractivity contribution in [2.24, 2.45) is 0 Å². The Kier molecular flexibility index (Phi) is 6.27. The number of aryl methyl sites for hydroxylation is 3. The Morgan fingerprint density at radius 3 is 2.69 bits per heavy atom. The lowest BCUT2D eigenvalue weighted by Gasteiger charge is -2.05. The lowest BCUT2D eigenvalue weighted by molar-refractivity contribution is 0.0957. The fraction of sp³-hybridized carbons (Fsp3) is 0.350. The van der Waals surface area contributed by atoms with Crippen LogP contribution >= 0.6 is 23.1 Å². The summed E-state index contributed by atoms with van der Waals surface area (Å²) in [5, 5.41) is 4.07. The van der Waals surface area contributed by atoms with E-state index in [4.69, 9.17) is 0 Å². The van der Waals surface area contributed by atoms with Gasteiger partial charge in [-0.1, -0.05) is 25.1 Å². The van der Waals surface area contributed by atoms with Gasteiger partial charge in [0.2, 0.25) is 0 Å². The first-order chi connectivity index (χ1) is 12.6. The lowest BCUT2D eigenvalue weighted by Crippen LogP contribution is -2.24. The first-order valence-electron chi connectivity index (χ1n) is 8.82. The topological polar surface area (TPSA) is 54.9 Å². The van der Waals surface area contributed by atoms with E-state index in [1.807, 2.05) is 50.7 Å². The zero-order chi connectivity index (χ0) is 18.5. The van der Waals surface area contributed by atoms with Crippen LogP contribution in [0.3, 0.4) is 0 Å². The first-order valence-corrected chi connectivity index (χ1v) is 10.6. The number of nitrogens with zero attached hydrogens (tertiary/aromatic N) is 2. The largest absolute Gasteiger partial charge is 0.351 e. The zero-order valence-electron chi connectivity index (χ0n) is 15.3. The minimum absolute atomic E-state index is 0.00680. The fourth-order valence-electron chi connectivity index (χ4n) is 2.83. The number of rotatable bonds is 7. The van der Waals surface area contributed by atoms with Gasteiger partial charge in [0, 0.05) is 28.9 Å². The van der Waals surface area contributed by atoms with E-state index >= 15 is 0 Å². The molecule has 3 rings (SSSR count). The van der Waals surface area contributed by atoms with Gasteiger partial charge >= 0.3 is 0 Å². The van der Waals surface area contributed by atoms with Crippen molar-refractivity contribution in [3.8, 4) is 0 Å².